The van der Waals surface area contributed by atoms with Crippen molar-refractivity contribution < 1.29 is 4.74 Å². The molecule has 0 radical (unpaired) electrons. The summed E-state index contributed by atoms with van der Waals surface area (Å²) >= 11 is 7.99. The zero-order valence-electron chi connectivity index (χ0n) is 12.5. The predicted octanol–water partition coefficient (Wildman–Crippen LogP) is 5.35. The van der Waals surface area contributed by atoms with Gasteiger partial charge in [-0.15, -0.1) is 11.8 Å². The largest absolute Gasteiger partial charge is 0.454 e. The Labute approximate surface area is 135 Å². The SMILES string of the molecule is CSc1ccccc1Oc1c(Cl)cccc1CNC(C)C. The van der Waals surface area contributed by atoms with Gasteiger partial charge in [0.2, 0.25) is 0 Å². The lowest BCUT2D eigenvalue weighted by Crippen LogP contribution is -2.22. The van der Waals surface area contributed by atoms with Crippen LogP contribution in [0.15, 0.2) is 47.4 Å². The van der Waals surface area contributed by atoms with Crippen molar-refractivity contribution in [2.45, 2.75) is 31.3 Å². The van der Waals surface area contributed by atoms with Crippen molar-refractivity contribution >= 4 is 23.4 Å². The predicted molar refractivity (Wildman–Crippen MR) is 91.7 cm³/mol. The number of thioether (sulfide) groups is 1. The minimum Gasteiger partial charge on any atom is -0.454 e. The van der Waals surface area contributed by atoms with E-state index in [0.29, 0.717) is 11.1 Å². The summed E-state index contributed by atoms with van der Waals surface area (Å²) in [6.45, 7) is 4.97. The van der Waals surface area contributed by atoms with Crippen LogP contribution in [0.2, 0.25) is 5.02 Å². The van der Waals surface area contributed by atoms with Gasteiger partial charge in [0.05, 0.1) is 5.02 Å². The first-order valence-corrected chi connectivity index (χ1v) is 8.53. The molecule has 0 aliphatic carbocycles. The van der Waals surface area contributed by atoms with E-state index in [-0.39, 0.29) is 0 Å². The van der Waals surface area contributed by atoms with Crippen LogP contribution in [0.5, 0.6) is 11.5 Å². The van der Waals surface area contributed by atoms with E-state index in [1.54, 1.807) is 11.8 Å². The van der Waals surface area contributed by atoms with Crippen LogP contribution in [0.25, 0.3) is 0 Å². The molecule has 2 aromatic rings. The molecule has 0 saturated heterocycles. The van der Waals surface area contributed by atoms with Crippen LogP contribution in [-0.2, 0) is 6.54 Å². The van der Waals surface area contributed by atoms with Crippen LogP contribution < -0.4 is 10.1 Å². The van der Waals surface area contributed by atoms with Gasteiger partial charge in [-0.1, -0.05) is 49.7 Å². The van der Waals surface area contributed by atoms with Crippen molar-refractivity contribution in [1.29, 1.82) is 0 Å². The number of ether oxygens (including phenoxy) is 1. The molecule has 2 rings (SSSR count). The summed E-state index contributed by atoms with van der Waals surface area (Å²) in [6, 6.07) is 14.3. The Morgan fingerprint density at radius 1 is 1.14 bits per heavy atom. The van der Waals surface area contributed by atoms with E-state index < -0.39 is 0 Å². The van der Waals surface area contributed by atoms with Gasteiger partial charge in [-0.3, -0.25) is 0 Å². The lowest BCUT2D eigenvalue weighted by molar-refractivity contribution is 0.459. The van der Waals surface area contributed by atoms with Crippen molar-refractivity contribution in [3.05, 3.63) is 53.1 Å². The molecular weight excluding hydrogens is 302 g/mol. The maximum absolute atomic E-state index is 6.33. The molecule has 21 heavy (non-hydrogen) atoms. The normalized spacial score (nSPS) is 10.9. The molecule has 0 fully saturated rings. The van der Waals surface area contributed by atoms with E-state index in [9.17, 15) is 0 Å². The van der Waals surface area contributed by atoms with Gasteiger partial charge in [0, 0.05) is 23.0 Å². The second-order valence-corrected chi connectivity index (χ2v) is 6.27. The molecule has 0 unspecified atom stereocenters. The summed E-state index contributed by atoms with van der Waals surface area (Å²) < 4.78 is 6.10. The number of hydrogen-bond acceptors (Lipinski definition) is 3. The third-order valence-electron chi connectivity index (χ3n) is 3.03. The summed E-state index contributed by atoms with van der Waals surface area (Å²) in [4.78, 5) is 1.10. The van der Waals surface area contributed by atoms with Gasteiger partial charge < -0.3 is 10.1 Å². The van der Waals surface area contributed by atoms with Crippen LogP contribution in [0, 0.1) is 0 Å². The van der Waals surface area contributed by atoms with Gasteiger partial charge in [0.1, 0.15) is 5.75 Å². The first-order chi connectivity index (χ1) is 10.1. The third-order valence-corrected chi connectivity index (χ3v) is 4.11. The summed E-state index contributed by atoms with van der Waals surface area (Å²) in [7, 11) is 0. The van der Waals surface area contributed by atoms with Crippen molar-refractivity contribution in [2.24, 2.45) is 0 Å². The van der Waals surface area contributed by atoms with Crippen molar-refractivity contribution in [3.8, 4) is 11.5 Å². The molecule has 1 N–H and O–H groups in total. The van der Waals surface area contributed by atoms with Crippen molar-refractivity contribution in [3.63, 3.8) is 0 Å². The fraction of sp³-hybridized carbons (Fsp3) is 0.294. The van der Waals surface area contributed by atoms with Crippen LogP contribution in [-0.4, -0.2) is 12.3 Å². The van der Waals surface area contributed by atoms with E-state index in [0.717, 1.165) is 28.5 Å². The summed E-state index contributed by atoms with van der Waals surface area (Å²) in [5.41, 5.74) is 1.06. The molecule has 0 saturated carbocycles. The van der Waals surface area contributed by atoms with Crippen LogP contribution in [0.1, 0.15) is 19.4 Å². The molecule has 112 valence electrons. The Kier molecular flexibility index (Phi) is 5.97. The molecule has 0 aliphatic heterocycles. The zero-order valence-corrected chi connectivity index (χ0v) is 14.1. The van der Waals surface area contributed by atoms with Gasteiger partial charge >= 0.3 is 0 Å². The molecule has 0 aromatic heterocycles. The maximum atomic E-state index is 6.33. The Hall–Kier alpha value is -1.16. The highest BCUT2D eigenvalue weighted by Gasteiger charge is 2.12. The number of halogens is 1. The molecule has 0 amide bonds. The second kappa shape index (κ2) is 7.74. The Morgan fingerprint density at radius 2 is 1.90 bits per heavy atom. The van der Waals surface area contributed by atoms with Gasteiger partial charge in [0.15, 0.2) is 5.75 Å². The first kappa shape index (κ1) is 16.2. The van der Waals surface area contributed by atoms with E-state index in [1.165, 1.54) is 0 Å². The fourth-order valence-corrected chi connectivity index (χ4v) is 2.69. The standard InChI is InChI=1S/C17H20ClNOS/c1-12(2)19-11-13-7-6-8-14(18)17(13)20-15-9-4-5-10-16(15)21-3/h4-10,12,19H,11H2,1-3H3. The van der Waals surface area contributed by atoms with Crippen LogP contribution in [0.4, 0.5) is 0 Å². The summed E-state index contributed by atoms with van der Waals surface area (Å²) in [6.07, 6.45) is 2.04. The minimum absolute atomic E-state index is 0.412. The maximum Gasteiger partial charge on any atom is 0.150 e. The number of hydrogen-bond donors (Lipinski definition) is 1. The van der Waals surface area contributed by atoms with E-state index in [4.69, 9.17) is 16.3 Å². The molecule has 0 aliphatic rings. The number of benzene rings is 2. The number of rotatable bonds is 6. The summed E-state index contributed by atoms with van der Waals surface area (Å²) in [5.74, 6) is 1.57. The van der Waals surface area contributed by atoms with Crippen molar-refractivity contribution in [2.75, 3.05) is 6.26 Å². The Morgan fingerprint density at radius 3 is 2.62 bits per heavy atom. The zero-order chi connectivity index (χ0) is 15.2. The molecule has 2 nitrogen and oxygen atoms in total. The quantitative estimate of drug-likeness (QED) is 0.724. The topological polar surface area (TPSA) is 21.3 Å². The number of nitrogens with one attached hydrogen (secondary N) is 1. The van der Waals surface area contributed by atoms with Crippen molar-refractivity contribution in [1.82, 2.24) is 5.32 Å². The van der Waals surface area contributed by atoms with Crippen LogP contribution >= 0.6 is 23.4 Å². The van der Waals surface area contributed by atoms with E-state index in [1.807, 2.05) is 48.7 Å². The third kappa shape index (κ3) is 4.40. The molecule has 2 aromatic carbocycles. The molecule has 0 spiro atoms. The average molecular weight is 322 g/mol. The molecule has 4 heteroatoms. The number of para-hydroxylation sites is 2. The lowest BCUT2D eigenvalue weighted by atomic mass is 10.2. The Balaban J connectivity index is 2.30. The minimum atomic E-state index is 0.412. The van der Waals surface area contributed by atoms with Crippen LogP contribution in [0.3, 0.4) is 0 Å². The average Bonchev–Trinajstić information content (AvgIpc) is 2.48. The fourth-order valence-electron chi connectivity index (χ4n) is 1.93. The van der Waals surface area contributed by atoms with Gasteiger partial charge in [0.25, 0.3) is 0 Å². The highest BCUT2D eigenvalue weighted by Crippen LogP contribution is 2.36. The van der Waals surface area contributed by atoms with Gasteiger partial charge in [-0.05, 0) is 24.5 Å². The van der Waals surface area contributed by atoms with E-state index >= 15 is 0 Å². The van der Waals surface area contributed by atoms with Gasteiger partial charge in [-0.2, -0.15) is 0 Å². The Bertz CT molecular complexity index is 601. The highest BCUT2D eigenvalue weighted by molar-refractivity contribution is 7.98. The first-order valence-electron chi connectivity index (χ1n) is 6.93. The highest BCUT2D eigenvalue weighted by atomic mass is 35.5. The van der Waals surface area contributed by atoms with Gasteiger partial charge in [-0.25, -0.2) is 0 Å². The molecule has 0 heterocycles. The molecular formula is C17H20ClNOS. The summed E-state index contributed by atoms with van der Waals surface area (Å²) in [5, 5.41) is 4.03. The molecule has 0 bridgehead atoms. The monoisotopic (exact) mass is 321 g/mol. The molecule has 0 atom stereocenters. The second-order valence-electron chi connectivity index (χ2n) is 5.02. The van der Waals surface area contributed by atoms with E-state index in [2.05, 4.69) is 19.2 Å². The lowest BCUT2D eigenvalue weighted by Gasteiger charge is -2.16. The smallest absolute Gasteiger partial charge is 0.150 e.